The number of amides is 1. The number of thioether (sulfide) groups is 1. The summed E-state index contributed by atoms with van der Waals surface area (Å²) in [7, 11) is 0. The van der Waals surface area contributed by atoms with Crippen molar-refractivity contribution in [1.29, 1.82) is 0 Å². The van der Waals surface area contributed by atoms with Crippen LogP contribution in [0.25, 0.3) is 11.3 Å². The number of benzene rings is 1. The lowest BCUT2D eigenvalue weighted by atomic mass is 10.2. The van der Waals surface area contributed by atoms with E-state index < -0.39 is 0 Å². The van der Waals surface area contributed by atoms with Crippen LogP contribution in [0.4, 0.5) is 5.13 Å². The number of aromatic nitrogens is 1. The molecular weight excluding hydrogens is 328 g/mol. The Bertz CT molecular complexity index is 611. The Kier molecular flexibility index (Phi) is 7.42. The Hall–Kier alpha value is -1.53. The van der Waals surface area contributed by atoms with Gasteiger partial charge in [0.25, 0.3) is 0 Å². The molecule has 1 N–H and O–H groups in total. The average molecular weight is 351 g/mol. The minimum absolute atomic E-state index is 0.00710. The highest BCUT2D eigenvalue weighted by molar-refractivity contribution is 7.99. The number of carbonyl (C=O) groups is 1. The molecule has 0 spiro atoms. The van der Waals surface area contributed by atoms with Gasteiger partial charge in [0.15, 0.2) is 5.13 Å². The zero-order chi connectivity index (χ0) is 16.5. The molecule has 1 heterocycles. The van der Waals surface area contributed by atoms with Gasteiger partial charge in [0.05, 0.1) is 18.1 Å². The van der Waals surface area contributed by atoms with E-state index in [0.29, 0.717) is 10.9 Å². The van der Waals surface area contributed by atoms with Crippen LogP contribution in [0.3, 0.4) is 0 Å². The second kappa shape index (κ2) is 9.57. The number of anilines is 1. The van der Waals surface area contributed by atoms with Crippen LogP contribution < -0.4 is 10.1 Å². The number of rotatable bonds is 9. The number of nitrogens with one attached hydrogen (secondary N) is 1. The first kappa shape index (κ1) is 17.8. The van der Waals surface area contributed by atoms with Crippen molar-refractivity contribution in [1.82, 2.24) is 4.98 Å². The van der Waals surface area contributed by atoms with E-state index in [4.69, 9.17) is 4.74 Å². The third kappa shape index (κ3) is 5.88. The normalized spacial score (nSPS) is 10.5. The Morgan fingerprint density at radius 2 is 2.04 bits per heavy atom. The Balaban J connectivity index is 1.92. The molecule has 0 aliphatic rings. The molecule has 0 unspecified atom stereocenters. The molecule has 1 amide bonds. The number of carbonyl (C=O) groups excluding carboxylic acids is 1. The van der Waals surface area contributed by atoms with Crippen LogP contribution in [0.5, 0.6) is 5.75 Å². The third-order valence-electron chi connectivity index (χ3n) is 2.96. The van der Waals surface area contributed by atoms with Gasteiger partial charge < -0.3 is 10.1 Å². The van der Waals surface area contributed by atoms with E-state index in [1.54, 1.807) is 11.8 Å². The van der Waals surface area contributed by atoms with E-state index in [1.165, 1.54) is 11.3 Å². The van der Waals surface area contributed by atoms with E-state index in [1.807, 2.05) is 29.6 Å². The SMILES string of the molecule is CCCOc1ccc(-c2csc(NC(=O)CSCCC)n2)cc1. The molecule has 4 nitrogen and oxygen atoms in total. The molecular formula is C17H22N2O2S2. The van der Waals surface area contributed by atoms with Crippen LogP contribution in [0, 0.1) is 0 Å². The van der Waals surface area contributed by atoms with Gasteiger partial charge in [-0.3, -0.25) is 4.79 Å². The minimum atomic E-state index is 0.00710. The minimum Gasteiger partial charge on any atom is -0.494 e. The number of hydrogen-bond donors (Lipinski definition) is 1. The molecule has 23 heavy (non-hydrogen) atoms. The summed E-state index contributed by atoms with van der Waals surface area (Å²) in [5, 5.41) is 5.45. The third-order valence-corrected chi connectivity index (χ3v) is 4.88. The maximum Gasteiger partial charge on any atom is 0.236 e. The van der Waals surface area contributed by atoms with E-state index in [-0.39, 0.29) is 5.91 Å². The maximum atomic E-state index is 11.8. The molecule has 2 aromatic rings. The van der Waals surface area contributed by atoms with Crippen LogP contribution in [-0.2, 0) is 4.79 Å². The number of thiazole rings is 1. The van der Waals surface area contributed by atoms with Gasteiger partial charge in [0.2, 0.25) is 5.91 Å². The summed E-state index contributed by atoms with van der Waals surface area (Å²) in [4.78, 5) is 16.3. The predicted molar refractivity (Wildman–Crippen MR) is 99.6 cm³/mol. The molecule has 0 aliphatic heterocycles. The lowest BCUT2D eigenvalue weighted by Gasteiger charge is -2.04. The fraction of sp³-hybridized carbons (Fsp3) is 0.412. The zero-order valence-electron chi connectivity index (χ0n) is 13.5. The Morgan fingerprint density at radius 1 is 1.26 bits per heavy atom. The van der Waals surface area contributed by atoms with Crippen LogP contribution in [0.15, 0.2) is 29.6 Å². The molecule has 1 aromatic carbocycles. The molecule has 0 aliphatic carbocycles. The largest absolute Gasteiger partial charge is 0.494 e. The van der Waals surface area contributed by atoms with Gasteiger partial charge >= 0.3 is 0 Å². The quantitative estimate of drug-likeness (QED) is 0.667. The molecule has 1 aromatic heterocycles. The van der Waals surface area contributed by atoms with E-state index in [0.717, 1.165) is 42.2 Å². The molecule has 0 saturated carbocycles. The van der Waals surface area contributed by atoms with Gasteiger partial charge in [-0.15, -0.1) is 11.3 Å². The molecule has 0 saturated heterocycles. The molecule has 0 atom stereocenters. The fourth-order valence-electron chi connectivity index (χ4n) is 1.87. The molecule has 6 heteroatoms. The van der Waals surface area contributed by atoms with Crippen molar-refractivity contribution in [3.63, 3.8) is 0 Å². The lowest BCUT2D eigenvalue weighted by molar-refractivity contribution is -0.113. The monoisotopic (exact) mass is 350 g/mol. The standard InChI is InChI=1S/C17H22N2O2S2/c1-3-9-21-14-7-5-13(6-8-14)15-11-23-17(18-15)19-16(20)12-22-10-4-2/h5-8,11H,3-4,9-10,12H2,1-2H3,(H,18,19,20). The average Bonchev–Trinajstić information content (AvgIpc) is 3.02. The summed E-state index contributed by atoms with van der Waals surface area (Å²) in [5.74, 6) is 2.36. The van der Waals surface area contributed by atoms with Gasteiger partial charge in [0.1, 0.15) is 5.75 Å². The zero-order valence-corrected chi connectivity index (χ0v) is 15.1. The number of nitrogens with zero attached hydrogens (tertiary/aromatic N) is 1. The highest BCUT2D eigenvalue weighted by Gasteiger charge is 2.08. The summed E-state index contributed by atoms with van der Waals surface area (Å²) >= 11 is 3.09. The van der Waals surface area contributed by atoms with Crippen molar-refractivity contribution in [2.75, 3.05) is 23.4 Å². The summed E-state index contributed by atoms with van der Waals surface area (Å²) in [6, 6.07) is 7.87. The van der Waals surface area contributed by atoms with E-state index in [9.17, 15) is 4.79 Å². The number of hydrogen-bond acceptors (Lipinski definition) is 5. The summed E-state index contributed by atoms with van der Waals surface area (Å²) in [6.45, 7) is 4.92. The van der Waals surface area contributed by atoms with Crippen LogP contribution >= 0.6 is 23.1 Å². The molecule has 124 valence electrons. The lowest BCUT2D eigenvalue weighted by Crippen LogP contribution is -2.14. The first-order valence-electron chi connectivity index (χ1n) is 7.79. The smallest absolute Gasteiger partial charge is 0.236 e. The van der Waals surface area contributed by atoms with Crippen molar-refractivity contribution in [2.24, 2.45) is 0 Å². The van der Waals surface area contributed by atoms with Gasteiger partial charge in [0, 0.05) is 10.9 Å². The van der Waals surface area contributed by atoms with Crippen molar-refractivity contribution in [2.45, 2.75) is 26.7 Å². The fourth-order valence-corrected chi connectivity index (χ4v) is 3.30. The van der Waals surface area contributed by atoms with Crippen LogP contribution in [0.1, 0.15) is 26.7 Å². The van der Waals surface area contributed by atoms with Crippen molar-refractivity contribution >= 4 is 34.1 Å². The van der Waals surface area contributed by atoms with Gasteiger partial charge in [-0.25, -0.2) is 4.98 Å². The van der Waals surface area contributed by atoms with Crippen LogP contribution in [-0.4, -0.2) is 29.0 Å². The van der Waals surface area contributed by atoms with Crippen molar-refractivity contribution in [3.8, 4) is 17.0 Å². The highest BCUT2D eigenvalue weighted by Crippen LogP contribution is 2.26. The summed E-state index contributed by atoms with van der Waals surface area (Å²) < 4.78 is 5.57. The topological polar surface area (TPSA) is 51.2 Å². The maximum absolute atomic E-state index is 11.8. The van der Waals surface area contributed by atoms with E-state index >= 15 is 0 Å². The number of ether oxygens (including phenoxy) is 1. The Morgan fingerprint density at radius 3 is 2.74 bits per heavy atom. The predicted octanol–water partition coefficient (Wildman–Crippen LogP) is 4.68. The van der Waals surface area contributed by atoms with Gasteiger partial charge in [-0.2, -0.15) is 11.8 Å². The molecule has 0 bridgehead atoms. The first-order valence-corrected chi connectivity index (χ1v) is 9.82. The molecule has 2 rings (SSSR count). The van der Waals surface area contributed by atoms with E-state index in [2.05, 4.69) is 24.1 Å². The van der Waals surface area contributed by atoms with Crippen molar-refractivity contribution in [3.05, 3.63) is 29.6 Å². The van der Waals surface area contributed by atoms with Gasteiger partial charge in [-0.1, -0.05) is 13.8 Å². The Labute approximate surface area is 145 Å². The second-order valence-electron chi connectivity index (χ2n) is 5.01. The molecule has 0 fully saturated rings. The van der Waals surface area contributed by atoms with Crippen LogP contribution in [0.2, 0.25) is 0 Å². The molecule has 0 radical (unpaired) electrons. The highest BCUT2D eigenvalue weighted by atomic mass is 32.2. The first-order chi connectivity index (χ1) is 11.2. The summed E-state index contributed by atoms with van der Waals surface area (Å²) in [5.41, 5.74) is 1.89. The van der Waals surface area contributed by atoms with Gasteiger partial charge in [-0.05, 0) is 42.9 Å². The second-order valence-corrected chi connectivity index (χ2v) is 6.97. The summed E-state index contributed by atoms with van der Waals surface area (Å²) in [6.07, 6.45) is 2.07. The van der Waals surface area contributed by atoms with Crippen molar-refractivity contribution < 1.29 is 9.53 Å².